The number of carbonyl (C=O) groups is 2. The summed E-state index contributed by atoms with van der Waals surface area (Å²) in [6.07, 6.45) is 4.43. The van der Waals surface area contributed by atoms with Crippen molar-refractivity contribution < 1.29 is 23.5 Å². The van der Waals surface area contributed by atoms with Gasteiger partial charge in [-0.3, -0.25) is 14.5 Å². The monoisotopic (exact) mass is 488 g/mol. The number of methoxy groups -OCH3 is 2. The average molecular weight is 488 g/mol. The minimum absolute atomic E-state index is 0.0499. The van der Waals surface area contributed by atoms with Gasteiger partial charge in [0.15, 0.2) is 11.6 Å². The van der Waals surface area contributed by atoms with Crippen LogP contribution in [-0.2, 0) is 4.74 Å². The summed E-state index contributed by atoms with van der Waals surface area (Å²) in [6.45, 7) is 0.125. The van der Waals surface area contributed by atoms with E-state index in [0.29, 0.717) is 28.4 Å². The number of hydrogen-bond acceptors (Lipinski definition) is 7. The fourth-order valence-electron chi connectivity index (χ4n) is 3.58. The van der Waals surface area contributed by atoms with E-state index >= 15 is 0 Å². The summed E-state index contributed by atoms with van der Waals surface area (Å²) < 4.78 is 25.2. The summed E-state index contributed by atoms with van der Waals surface area (Å²) in [5.74, 6) is -0.720. The average Bonchev–Trinajstić information content (AvgIpc) is 3.33. The molecule has 0 saturated carbocycles. The quantitative estimate of drug-likeness (QED) is 0.412. The second-order valence-corrected chi connectivity index (χ2v) is 7.52. The van der Waals surface area contributed by atoms with Crippen LogP contribution in [0.1, 0.15) is 16.8 Å². The van der Waals surface area contributed by atoms with E-state index < -0.39 is 17.8 Å². The van der Waals surface area contributed by atoms with E-state index in [-0.39, 0.29) is 24.3 Å². The Morgan fingerprint density at radius 1 is 1.14 bits per heavy atom. The van der Waals surface area contributed by atoms with Gasteiger partial charge in [0, 0.05) is 30.1 Å². The molecular formula is C25H21FN6O4. The molecule has 0 saturated heterocycles. The molecule has 3 heterocycles. The standard InChI is InChI=1S/C25H21FN6O4/c1-35-21-12-16(4-7-19(21)26)24(33)31(11-3-10-27)18-6-9-23-29-14-20(32(23)15-18)17-5-8-22(28-13-17)30-25(34)36-2/h4-9,12-15H,3,11H2,1-2H3,(H,28,30,34). The number of ether oxygens (including phenoxy) is 2. The molecule has 0 fully saturated rings. The van der Waals surface area contributed by atoms with Crippen LogP contribution in [0.5, 0.6) is 5.75 Å². The van der Waals surface area contributed by atoms with Crippen LogP contribution in [0.25, 0.3) is 16.9 Å². The van der Waals surface area contributed by atoms with Crippen molar-refractivity contribution in [3.05, 3.63) is 72.4 Å². The fraction of sp³-hybridized carbons (Fsp3) is 0.160. The summed E-state index contributed by atoms with van der Waals surface area (Å²) >= 11 is 0. The van der Waals surface area contributed by atoms with Crippen molar-refractivity contribution in [3.63, 3.8) is 0 Å². The first kappa shape index (κ1) is 24.2. The first-order valence-electron chi connectivity index (χ1n) is 10.8. The third-order valence-corrected chi connectivity index (χ3v) is 5.37. The second-order valence-electron chi connectivity index (χ2n) is 7.52. The molecule has 0 aliphatic rings. The van der Waals surface area contributed by atoms with Crippen LogP contribution in [0.3, 0.4) is 0 Å². The predicted molar refractivity (Wildman–Crippen MR) is 129 cm³/mol. The first-order valence-corrected chi connectivity index (χ1v) is 10.8. The Labute approximate surface area is 205 Å². The molecule has 10 nitrogen and oxygen atoms in total. The highest BCUT2D eigenvalue weighted by molar-refractivity contribution is 6.06. The highest BCUT2D eigenvalue weighted by Crippen LogP contribution is 2.26. The normalized spacial score (nSPS) is 10.5. The SMILES string of the molecule is COC(=O)Nc1ccc(-c2cnc3ccc(N(CCC#N)C(=O)c4ccc(F)c(OC)c4)cn23)cn1. The van der Waals surface area contributed by atoms with E-state index in [0.717, 1.165) is 6.07 Å². The van der Waals surface area contributed by atoms with Crippen LogP contribution in [0, 0.1) is 17.1 Å². The van der Waals surface area contributed by atoms with Gasteiger partial charge in [0.05, 0.1) is 44.3 Å². The molecule has 0 unspecified atom stereocenters. The van der Waals surface area contributed by atoms with Gasteiger partial charge in [-0.2, -0.15) is 5.26 Å². The number of fused-ring (bicyclic) bond motifs is 1. The van der Waals surface area contributed by atoms with Crippen LogP contribution < -0.4 is 15.0 Å². The Hall–Kier alpha value is -4.98. The predicted octanol–water partition coefficient (Wildman–Crippen LogP) is 4.28. The maximum atomic E-state index is 13.9. The Morgan fingerprint density at radius 2 is 1.97 bits per heavy atom. The molecule has 1 aromatic carbocycles. The molecule has 182 valence electrons. The van der Waals surface area contributed by atoms with Crippen LogP contribution in [0.15, 0.2) is 61.1 Å². The number of hydrogen-bond donors (Lipinski definition) is 1. The minimum atomic E-state index is -0.629. The highest BCUT2D eigenvalue weighted by Gasteiger charge is 2.20. The summed E-state index contributed by atoms with van der Waals surface area (Å²) in [4.78, 5) is 34.8. The van der Waals surface area contributed by atoms with Gasteiger partial charge in [0.2, 0.25) is 0 Å². The van der Waals surface area contributed by atoms with Gasteiger partial charge in [-0.1, -0.05) is 0 Å². The van der Waals surface area contributed by atoms with Crippen molar-refractivity contribution in [1.82, 2.24) is 14.4 Å². The molecule has 4 rings (SSSR count). The zero-order valence-corrected chi connectivity index (χ0v) is 19.4. The lowest BCUT2D eigenvalue weighted by Gasteiger charge is -2.22. The van der Waals surface area contributed by atoms with Gasteiger partial charge in [0.25, 0.3) is 5.91 Å². The van der Waals surface area contributed by atoms with Crippen LogP contribution in [0.4, 0.5) is 20.7 Å². The molecule has 3 aromatic heterocycles. The maximum Gasteiger partial charge on any atom is 0.412 e. The smallest absolute Gasteiger partial charge is 0.412 e. The van der Waals surface area contributed by atoms with Gasteiger partial charge in [-0.15, -0.1) is 0 Å². The zero-order valence-electron chi connectivity index (χ0n) is 19.4. The summed E-state index contributed by atoms with van der Waals surface area (Å²) in [7, 11) is 2.58. The summed E-state index contributed by atoms with van der Waals surface area (Å²) in [5.41, 5.74) is 2.77. The number of benzene rings is 1. The second kappa shape index (κ2) is 10.5. The number of imidazole rings is 1. The zero-order chi connectivity index (χ0) is 25.7. The third-order valence-electron chi connectivity index (χ3n) is 5.37. The third kappa shape index (κ3) is 4.92. The van der Waals surface area contributed by atoms with E-state index in [1.165, 1.54) is 31.3 Å². The Bertz CT molecular complexity index is 1460. The molecule has 0 aliphatic carbocycles. The van der Waals surface area contributed by atoms with Crippen molar-refractivity contribution in [3.8, 4) is 23.1 Å². The van der Waals surface area contributed by atoms with E-state index in [1.54, 1.807) is 47.3 Å². The number of nitriles is 1. The topological polar surface area (TPSA) is 122 Å². The van der Waals surface area contributed by atoms with Crippen molar-refractivity contribution in [2.24, 2.45) is 0 Å². The first-order chi connectivity index (χ1) is 17.4. The summed E-state index contributed by atoms with van der Waals surface area (Å²) in [5, 5.41) is 11.6. The Balaban J connectivity index is 1.70. The Kier molecular flexibility index (Phi) is 7.06. The van der Waals surface area contributed by atoms with Crippen LogP contribution in [0.2, 0.25) is 0 Å². The number of rotatable bonds is 7. The maximum absolute atomic E-state index is 13.9. The fourth-order valence-corrected chi connectivity index (χ4v) is 3.58. The molecule has 0 atom stereocenters. The number of amides is 2. The lowest BCUT2D eigenvalue weighted by atomic mass is 10.1. The van der Waals surface area contributed by atoms with Gasteiger partial charge < -0.3 is 14.4 Å². The number of halogens is 1. The van der Waals surface area contributed by atoms with E-state index in [9.17, 15) is 14.0 Å². The van der Waals surface area contributed by atoms with Crippen LogP contribution in [-0.4, -0.2) is 47.1 Å². The number of nitrogens with zero attached hydrogens (tertiary/aromatic N) is 5. The molecule has 4 aromatic rings. The lowest BCUT2D eigenvalue weighted by molar-refractivity contribution is 0.0987. The Morgan fingerprint density at radius 3 is 2.67 bits per heavy atom. The van der Waals surface area contributed by atoms with E-state index in [2.05, 4.69) is 26.1 Å². The summed E-state index contributed by atoms with van der Waals surface area (Å²) in [6, 6.07) is 12.8. The molecule has 2 amide bonds. The molecule has 36 heavy (non-hydrogen) atoms. The number of aromatic nitrogens is 3. The number of nitrogens with one attached hydrogen (secondary N) is 1. The minimum Gasteiger partial charge on any atom is -0.494 e. The number of anilines is 2. The molecular weight excluding hydrogens is 467 g/mol. The van der Waals surface area contributed by atoms with Gasteiger partial charge >= 0.3 is 6.09 Å². The molecule has 0 spiro atoms. The molecule has 0 radical (unpaired) electrons. The van der Waals surface area contributed by atoms with Gasteiger partial charge in [-0.25, -0.2) is 19.2 Å². The molecule has 0 aliphatic heterocycles. The van der Waals surface area contributed by atoms with Crippen molar-refractivity contribution >= 4 is 29.2 Å². The van der Waals surface area contributed by atoms with Crippen molar-refractivity contribution in [2.45, 2.75) is 6.42 Å². The molecule has 11 heteroatoms. The number of carbonyl (C=O) groups excluding carboxylic acids is 2. The van der Waals surface area contributed by atoms with Crippen molar-refractivity contribution in [2.75, 3.05) is 31.0 Å². The van der Waals surface area contributed by atoms with E-state index in [1.807, 2.05) is 0 Å². The van der Waals surface area contributed by atoms with Gasteiger partial charge in [0.1, 0.15) is 11.5 Å². The van der Waals surface area contributed by atoms with E-state index in [4.69, 9.17) is 10.00 Å². The lowest BCUT2D eigenvalue weighted by Crippen LogP contribution is -2.32. The number of pyridine rings is 2. The molecule has 1 N–H and O–H groups in total. The van der Waals surface area contributed by atoms with Gasteiger partial charge in [-0.05, 0) is 42.5 Å². The largest absolute Gasteiger partial charge is 0.494 e. The van der Waals surface area contributed by atoms with Crippen molar-refractivity contribution in [1.29, 1.82) is 5.26 Å². The highest BCUT2D eigenvalue weighted by atomic mass is 19.1. The molecule has 0 bridgehead atoms. The van der Waals surface area contributed by atoms with Crippen LogP contribution >= 0.6 is 0 Å².